The van der Waals surface area contributed by atoms with E-state index >= 15 is 0 Å². The first-order valence-corrected chi connectivity index (χ1v) is 7.76. The highest BCUT2D eigenvalue weighted by molar-refractivity contribution is 6.35. The molecular weight excluding hydrogens is 305 g/mol. The second-order valence-electron chi connectivity index (χ2n) is 4.88. The number of hydrogen-bond donors (Lipinski definition) is 1. The Bertz CT molecular complexity index is 601. The fourth-order valence-corrected chi connectivity index (χ4v) is 2.80. The average molecular weight is 324 g/mol. The van der Waals surface area contributed by atoms with E-state index in [1.807, 2.05) is 37.3 Å². The standard InChI is InChI=1S/C17H19Cl2NO/c1-2-21-16-5-3-4-12(9-16)14(11-20)8-13-6-7-15(18)10-17(13)19/h3-7,9-10,14H,2,8,11,20H2,1H3. The Kier molecular flexibility index (Phi) is 5.92. The lowest BCUT2D eigenvalue weighted by Gasteiger charge is -2.17. The molecule has 0 heterocycles. The Morgan fingerprint density at radius 3 is 2.62 bits per heavy atom. The summed E-state index contributed by atoms with van der Waals surface area (Å²) < 4.78 is 5.55. The van der Waals surface area contributed by atoms with Gasteiger partial charge in [-0.25, -0.2) is 0 Å². The molecule has 0 radical (unpaired) electrons. The Morgan fingerprint density at radius 2 is 1.95 bits per heavy atom. The fourth-order valence-electron chi connectivity index (χ4n) is 2.31. The van der Waals surface area contributed by atoms with Gasteiger partial charge in [-0.05, 0) is 55.3 Å². The van der Waals surface area contributed by atoms with Gasteiger partial charge in [-0.3, -0.25) is 0 Å². The maximum absolute atomic E-state index is 6.25. The maximum atomic E-state index is 6.25. The summed E-state index contributed by atoms with van der Waals surface area (Å²) in [5.74, 6) is 1.07. The van der Waals surface area contributed by atoms with Crippen molar-refractivity contribution in [2.75, 3.05) is 13.2 Å². The van der Waals surface area contributed by atoms with E-state index in [1.54, 1.807) is 6.07 Å². The second-order valence-corrected chi connectivity index (χ2v) is 5.72. The third-order valence-corrected chi connectivity index (χ3v) is 3.99. The van der Waals surface area contributed by atoms with Gasteiger partial charge >= 0.3 is 0 Å². The van der Waals surface area contributed by atoms with Crippen LogP contribution in [-0.4, -0.2) is 13.2 Å². The minimum atomic E-state index is 0.198. The van der Waals surface area contributed by atoms with Crippen molar-refractivity contribution in [2.24, 2.45) is 5.73 Å². The Hall–Kier alpha value is -1.22. The molecule has 2 nitrogen and oxygen atoms in total. The van der Waals surface area contributed by atoms with Crippen molar-refractivity contribution in [3.8, 4) is 5.75 Å². The third-order valence-electron chi connectivity index (χ3n) is 3.41. The van der Waals surface area contributed by atoms with E-state index in [0.717, 1.165) is 23.3 Å². The van der Waals surface area contributed by atoms with E-state index in [4.69, 9.17) is 33.7 Å². The van der Waals surface area contributed by atoms with Crippen molar-refractivity contribution in [3.63, 3.8) is 0 Å². The van der Waals surface area contributed by atoms with Crippen LogP contribution in [0.4, 0.5) is 0 Å². The molecule has 0 spiro atoms. The predicted molar refractivity (Wildman–Crippen MR) is 89.6 cm³/mol. The number of benzene rings is 2. The number of nitrogens with two attached hydrogens (primary N) is 1. The predicted octanol–water partition coefficient (Wildman–Crippen LogP) is 4.68. The van der Waals surface area contributed by atoms with E-state index in [0.29, 0.717) is 23.2 Å². The summed E-state index contributed by atoms with van der Waals surface area (Å²) in [6.45, 7) is 3.18. The van der Waals surface area contributed by atoms with Gasteiger partial charge in [-0.15, -0.1) is 0 Å². The summed E-state index contributed by atoms with van der Waals surface area (Å²) in [5.41, 5.74) is 8.16. The zero-order valence-electron chi connectivity index (χ0n) is 12.0. The van der Waals surface area contributed by atoms with E-state index < -0.39 is 0 Å². The molecule has 0 amide bonds. The van der Waals surface area contributed by atoms with Gasteiger partial charge in [0.2, 0.25) is 0 Å². The summed E-state index contributed by atoms with van der Waals surface area (Å²) in [4.78, 5) is 0. The molecule has 0 fully saturated rings. The van der Waals surface area contributed by atoms with Crippen LogP contribution < -0.4 is 10.5 Å². The first kappa shape index (κ1) is 16.2. The molecule has 0 saturated carbocycles. The van der Waals surface area contributed by atoms with Crippen molar-refractivity contribution in [1.82, 2.24) is 0 Å². The Balaban J connectivity index is 2.21. The summed E-state index contributed by atoms with van der Waals surface area (Å²) in [6, 6.07) is 13.6. The summed E-state index contributed by atoms with van der Waals surface area (Å²) in [5, 5.41) is 1.33. The summed E-state index contributed by atoms with van der Waals surface area (Å²) >= 11 is 12.2. The van der Waals surface area contributed by atoms with E-state index in [-0.39, 0.29) is 5.92 Å². The molecule has 0 aliphatic carbocycles. The quantitative estimate of drug-likeness (QED) is 0.837. The number of hydrogen-bond acceptors (Lipinski definition) is 2. The van der Waals surface area contributed by atoms with Gasteiger partial charge in [0, 0.05) is 16.0 Å². The summed E-state index contributed by atoms with van der Waals surface area (Å²) in [6.07, 6.45) is 0.780. The molecule has 1 atom stereocenters. The van der Waals surface area contributed by atoms with Gasteiger partial charge in [0.05, 0.1) is 6.61 Å². The highest BCUT2D eigenvalue weighted by Crippen LogP contribution is 2.28. The normalized spacial score (nSPS) is 12.2. The van der Waals surface area contributed by atoms with Crippen molar-refractivity contribution in [3.05, 3.63) is 63.6 Å². The van der Waals surface area contributed by atoms with E-state index in [2.05, 4.69) is 6.07 Å². The van der Waals surface area contributed by atoms with Gasteiger partial charge in [0.25, 0.3) is 0 Å². The van der Waals surface area contributed by atoms with E-state index in [9.17, 15) is 0 Å². The lowest BCUT2D eigenvalue weighted by molar-refractivity contribution is 0.339. The lowest BCUT2D eigenvalue weighted by Crippen LogP contribution is -2.15. The molecule has 0 saturated heterocycles. The Morgan fingerprint density at radius 1 is 1.14 bits per heavy atom. The second kappa shape index (κ2) is 7.69. The minimum Gasteiger partial charge on any atom is -0.494 e. The Labute approximate surface area is 135 Å². The molecule has 21 heavy (non-hydrogen) atoms. The monoisotopic (exact) mass is 323 g/mol. The molecule has 1 unspecified atom stereocenters. The van der Waals surface area contributed by atoms with Crippen LogP contribution in [0.3, 0.4) is 0 Å². The van der Waals surface area contributed by atoms with Crippen LogP contribution in [0.1, 0.15) is 24.0 Å². The molecule has 112 valence electrons. The SMILES string of the molecule is CCOc1cccc(C(CN)Cc2ccc(Cl)cc2Cl)c1. The van der Waals surface area contributed by atoms with Gasteiger partial charge in [-0.1, -0.05) is 41.4 Å². The van der Waals surface area contributed by atoms with Gasteiger partial charge in [0.1, 0.15) is 5.75 Å². The molecule has 0 aliphatic heterocycles. The number of ether oxygens (including phenoxy) is 1. The smallest absolute Gasteiger partial charge is 0.119 e. The first-order chi connectivity index (χ1) is 10.1. The van der Waals surface area contributed by atoms with Crippen LogP contribution in [0, 0.1) is 0 Å². The third kappa shape index (κ3) is 4.37. The number of halogens is 2. The summed E-state index contributed by atoms with van der Waals surface area (Å²) in [7, 11) is 0. The fraction of sp³-hybridized carbons (Fsp3) is 0.294. The molecule has 0 bridgehead atoms. The maximum Gasteiger partial charge on any atom is 0.119 e. The average Bonchev–Trinajstić information content (AvgIpc) is 2.47. The minimum absolute atomic E-state index is 0.198. The molecular formula is C17H19Cl2NO. The van der Waals surface area contributed by atoms with Crippen molar-refractivity contribution >= 4 is 23.2 Å². The van der Waals surface area contributed by atoms with Crippen LogP contribution >= 0.6 is 23.2 Å². The zero-order valence-corrected chi connectivity index (χ0v) is 13.5. The highest BCUT2D eigenvalue weighted by atomic mass is 35.5. The first-order valence-electron chi connectivity index (χ1n) is 7.00. The van der Waals surface area contributed by atoms with Gasteiger partial charge in [-0.2, -0.15) is 0 Å². The molecule has 2 aromatic rings. The van der Waals surface area contributed by atoms with Crippen molar-refractivity contribution in [2.45, 2.75) is 19.3 Å². The van der Waals surface area contributed by atoms with Crippen LogP contribution in [-0.2, 0) is 6.42 Å². The topological polar surface area (TPSA) is 35.2 Å². The van der Waals surface area contributed by atoms with Crippen LogP contribution in [0.15, 0.2) is 42.5 Å². The van der Waals surface area contributed by atoms with E-state index in [1.165, 1.54) is 0 Å². The molecule has 2 aromatic carbocycles. The van der Waals surface area contributed by atoms with Gasteiger partial charge < -0.3 is 10.5 Å². The largest absolute Gasteiger partial charge is 0.494 e. The highest BCUT2D eigenvalue weighted by Gasteiger charge is 2.13. The van der Waals surface area contributed by atoms with Crippen molar-refractivity contribution < 1.29 is 4.74 Å². The molecule has 0 aromatic heterocycles. The van der Waals surface area contributed by atoms with Crippen LogP contribution in [0.25, 0.3) is 0 Å². The molecule has 0 aliphatic rings. The zero-order chi connectivity index (χ0) is 15.2. The van der Waals surface area contributed by atoms with Crippen LogP contribution in [0.5, 0.6) is 5.75 Å². The lowest BCUT2D eigenvalue weighted by atomic mass is 9.92. The molecule has 2 N–H and O–H groups in total. The number of rotatable bonds is 6. The van der Waals surface area contributed by atoms with Crippen molar-refractivity contribution in [1.29, 1.82) is 0 Å². The molecule has 2 rings (SSSR count). The van der Waals surface area contributed by atoms with Gasteiger partial charge in [0.15, 0.2) is 0 Å². The molecule has 4 heteroatoms. The van der Waals surface area contributed by atoms with Crippen LogP contribution in [0.2, 0.25) is 10.0 Å².